The Labute approximate surface area is 93.8 Å². The lowest BCUT2D eigenvalue weighted by Crippen LogP contribution is -2.33. The molecule has 1 aliphatic rings. The van der Waals surface area contributed by atoms with Gasteiger partial charge in [0.15, 0.2) is 0 Å². The molecule has 2 heterocycles. The summed E-state index contributed by atoms with van der Waals surface area (Å²) in [6.07, 6.45) is 1.24. The van der Waals surface area contributed by atoms with Gasteiger partial charge in [-0.1, -0.05) is 0 Å². The Bertz CT molecular complexity index is 365. The molecule has 6 heteroatoms. The fraction of sp³-hybridized carbons (Fsp3) is 0.700. The summed E-state index contributed by atoms with van der Waals surface area (Å²) in [5.74, 6) is 1.36. The summed E-state index contributed by atoms with van der Waals surface area (Å²) < 4.78 is 5.40. The van der Waals surface area contributed by atoms with E-state index in [0.717, 1.165) is 13.1 Å². The Morgan fingerprint density at radius 2 is 2.12 bits per heavy atom. The molecule has 16 heavy (non-hydrogen) atoms. The molecule has 0 unspecified atom stereocenters. The number of nitrogens with two attached hydrogens (primary N) is 1. The summed E-state index contributed by atoms with van der Waals surface area (Å²) in [7, 11) is 0. The van der Waals surface area contributed by atoms with Gasteiger partial charge in [0.25, 0.3) is 0 Å². The summed E-state index contributed by atoms with van der Waals surface area (Å²) in [6, 6.07) is -0.232. The molecule has 0 bridgehead atoms. The van der Waals surface area contributed by atoms with Gasteiger partial charge in [-0.15, -0.1) is 10.2 Å². The topological polar surface area (TPSA) is 85.2 Å². The molecule has 1 aromatic heterocycles. The van der Waals surface area contributed by atoms with Crippen molar-refractivity contribution in [2.45, 2.75) is 32.4 Å². The number of likely N-dealkylation sites (tertiary alicyclic amines) is 1. The van der Waals surface area contributed by atoms with Crippen molar-refractivity contribution in [3.05, 3.63) is 11.8 Å². The van der Waals surface area contributed by atoms with E-state index in [4.69, 9.17) is 10.2 Å². The molecule has 88 valence electrons. The molecule has 1 fully saturated rings. The molecule has 0 spiro atoms. The molecule has 1 aliphatic heterocycles. The first-order chi connectivity index (χ1) is 7.65. The molecule has 1 aromatic rings. The molecule has 0 aromatic carbocycles. The molecule has 1 saturated heterocycles. The first-order valence-electron chi connectivity index (χ1n) is 5.47. The van der Waals surface area contributed by atoms with Crippen LogP contribution in [-0.2, 0) is 11.3 Å². The van der Waals surface area contributed by atoms with Crippen molar-refractivity contribution < 1.29 is 9.21 Å². The van der Waals surface area contributed by atoms with Crippen LogP contribution in [0.5, 0.6) is 0 Å². The van der Waals surface area contributed by atoms with E-state index in [9.17, 15) is 4.79 Å². The number of ketones is 1. The predicted molar refractivity (Wildman–Crippen MR) is 56.4 cm³/mol. The second-order valence-electron chi connectivity index (χ2n) is 4.14. The third kappa shape index (κ3) is 2.65. The Hall–Kier alpha value is -1.27. The normalized spacial score (nSPS) is 20.0. The van der Waals surface area contributed by atoms with E-state index in [-0.39, 0.29) is 6.04 Å². The van der Waals surface area contributed by atoms with E-state index in [2.05, 4.69) is 15.1 Å². The summed E-state index contributed by atoms with van der Waals surface area (Å²) in [5.41, 5.74) is 5.62. The Balaban J connectivity index is 1.91. The van der Waals surface area contributed by atoms with Crippen molar-refractivity contribution in [1.29, 1.82) is 0 Å². The third-order valence-corrected chi connectivity index (χ3v) is 2.64. The molecule has 2 rings (SSSR count). The van der Waals surface area contributed by atoms with Crippen molar-refractivity contribution >= 4 is 5.78 Å². The van der Waals surface area contributed by atoms with Crippen molar-refractivity contribution in [3.8, 4) is 0 Å². The number of rotatable bonds is 3. The summed E-state index contributed by atoms with van der Waals surface area (Å²) in [5, 5.41) is 7.79. The van der Waals surface area contributed by atoms with Gasteiger partial charge in [-0.05, 0) is 6.92 Å². The SMILES string of the molecule is C[C@@H](N)c1nnc(CN2CCC(=O)CC2)o1. The van der Waals surface area contributed by atoms with Crippen LogP contribution in [0.15, 0.2) is 4.42 Å². The van der Waals surface area contributed by atoms with Crippen LogP contribution in [0.2, 0.25) is 0 Å². The Kier molecular flexibility index (Phi) is 3.31. The molecule has 0 aliphatic carbocycles. The molecule has 6 nitrogen and oxygen atoms in total. The fourth-order valence-electron chi connectivity index (χ4n) is 1.67. The van der Waals surface area contributed by atoms with Gasteiger partial charge in [-0.3, -0.25) is 9.69 Å². The van der Waals surface area contributed by atoms with Crippen LogP contribution in [0, 0.1) is 0 Å². The van der Waals surface area contributed by atoms with Gasteiger partial charge in [-0.2, -0.15) is 0 Å². The lowest BCUT2D eigenvalue weighted by atomic mass is 10.1. The van der Waals surface area contributed by atoms with Crippen molar-refractivity contribution in [2.24, 2.45) is 5.73 Å². The number of piperidine rings is 1. The zero-order valence-corrected chi connectivity index (χ0v) is 9.35. The predicted octanol–water partition coefficient (Wildman–Crippen LogP) is 0.254. The zero-order chi connectivity index (χ0) is 11.5. The molecule has 2 N–H and O–H groups in total. The second-order valence-corrected chi connectivity index (χ2v) is 4.14. The Morgan fingerprint density at radius 1 is 1.44 bits per heavy atom. The largest absolute Gasteiger partial charge is 0.422 e. The second kappa shape index (κ2) is 4.71. The first-order valence-corrected chi connectivity index (χ1v) is 5.47. The van der Waals surface area contributed by atoms with Gasteiger partial charge in [0.1, 0.15) is 5.78 Å². The third-order valence-electron chi connectivity index (χ3n) is 2.64. The van der Waals surface area contributed by atoms with Crippen LogP contribution in [-0.4, -0.2) is 34.0 Å². The highest BCUT2D eigenvalue weighted by Crippen LogP contribution is 2.12. The molecule has 0 radical (unpaired) electrons. The minimum Gasteiger partial charge on any atom is -0.422 e. The van der Waals surface area contributed by atoms with Crippen LogP contribution >= 0.6 is 0 Å². The van der Waals surface area contributed by atoms with Crippen LogP contribution in [0.1, 0.15) is 37.6 Å². The van der Waals surface area contributed by atoms with Crippen molar-refractivity contribution in [1.82, 2.24) is 15.1 Å². The smallest absolute Gasteiger partial charge is 0.232 e. The summed E-state index contributed by atoms with van der Waals surface area (Å²) in [6.45, 7) is 3.95. The highest BCUT2D eigenvalue weighted by Gasteiger charge is 2.18. The highest BCUT2D eigenvalue weighted by molar-refractivity contribution is 5.79. The van der Waals surface area contributed by atoms with Gasteiger partial charge in [0, 0.05) is 25.9 Å². The van der Waals surface area contributed by atoms with Crippen LogP contribution < -0.4 is 5.73 Å². The number of carbonyl (C=O) groups is 1. The van der Waals surface area contributed by atoms with Gasteiger partial charge >= 0.3 is 0 Å². The van der Waals surface area contributed by atoms with E-state index in [1.54, 1.807) is 6.92 Å². The zero-order valence-electron chi connectivity index (χ0n) is 9.35. The lowest BCUT2D eigenvalue weighted by Gasteiger charge is -2.23. The van der Waals surface area contributed by atoms with Gasteiger partial charge < -0.3 is 10.2 Å². The van der Waals surface area contributed by atoms with Gasteiger partial charge in [-0.25, -0.2) is 0 Å². The van der Waals surface area contributed by atoms with Crippen LogP contribution in [0.4, 0.5) is 0 Å². The monoisotopic (exact) mass is 224 g/mol. The molecular formula is C10H16N4O2. The number of Topliss-reactive ketones (excluding diaryl/α,β-unsaturated/α-hetero) is 1. The number of carbonyl (C=O) groups excluding carboxylic acids is 1. The quantitative estimate of drug-likeness (QED) is 0.792. The minimum atomic E-state index is -0.232. The average molecular weight is 224 g/mol. The lowest BCUT2D eigenvalue weighted by molar-refractivity contribution is -0.121. The standard InChI is InChI=1S/C10H16N4O2/c1-7(11)10-13-12-9(16-10)6-14-4-2-8(15)3-5-14/h7H,2-6,11H2,1H3/t7-/m1/s1. The molecule has 1 atom stereocenters. The maximum Gasteiger partial charge on any atom is 0.232 e. The number of hydrogen-bond acceptors (Lipinski definition) is 6. The van der Waals surface area contributed by atoms with E-state index in [1.165, 1.54) is 0 Å². The molecule has 0 amide bonds. The van der Waals surface area contributed by atoms with Gasteiger partial charge in [0.05, 0.1) is 12.6 Å². The average Bonchev–Trinajstić information content (AvgIpc) is 2.70. The van der Waals surface area contributed by atoms with E-state index in [0.29, 0.717) is 37.0 Å². The molecule has 0 saturated carbocycles. The van der Waals surface area contributed by atoms with E-state index >= 15 is 0 Å². The number of aromatic nitrogens is 2. The van der Waals surface area contributed by atoms with Gasteiger partial charge in [0.2, 0.25) is 11.8 Å². The maximum absolute atomic E-state index is 11.1. The van der Waals surface area contributed by atoms with Crippen LogP contribution in [0.25, 0.3) is 0 Å². The number of nitrogens with zero attached hydrogens (tertiary/aromatic N) is 3. The fourth-order valence-corrected chi connectivity index (χ4v) is 1.67. The highest BCUT2D eigenvalue weighted by atomic mass is 16.4. The molecular weight excluding hydrogens is 208 g/mol. The summed E-state index contributed by atoms with van der Waals surface area (Å²) in [4.78, 5) is 13.2. The van der Waals surface area contributed by atoms with Crippen LogP contribution in [0.3, 0.4) is 0 Å². The van der Waals surface area contributed by atoms with Crippen molar-refractivity contribution in [2.75, 3.05) is 13.1 Å². The summed E-state index contributed by atoms with van der Waals surface area (Å²) >= 11 is 0. The minimum absolute atomic E-state index is 0.232. The number of hydrogen-bond donors (Lipinski definition) is 1. The first kappa shape index (κ1) is 11.2. The Morgan fingerprint density at radius 3 is 2.69 bits per heavy atom. The van der Waals surface area contributed by atoms with E-state index < -0.39 is 0 Å². The van der Waals surface area contributed by atoms with Crippen molar-refractivity contribution in [3.63, 3.8) is 0 Å². The van der Waals surface area contributed by atoms with E-state index in [1.807, 2.05) is 0 Å². The maximum atomic E-state index is 11.1.